The zero-order valence-corrected chi connectivity index (χ0v) is 10.7. The summed E-state index contributed by atoms with van der Waals surface area (Å²) < 4.78 is 19.7. The minimum Gasteiger partial charge on any atom is -0.453 e. The molecule has 0 atom stereocenters. The summed E-state index contributed by atoms with van der Waals surface area (Å²) in [6, 6.07) is 11.0. The van der Waals surface area contributed by atoms with E-state index in [2.05, 4.69) is 15.9 Å². The van der Waals surface area contributed by atoms with Crippen LogP contribution in [0.25, 0.3) is 0 Å². The van der Waals surface area contributed by atoms with Crippen LogP contribution in [-0.2, 0) is 0 Å². The molecular weight excluding hydrogens is 299 g/mol. The Bertz CT molecular complexity index is 637. The number of anilines is 1. The van der Waals surface area contributed by atoms with Gasteiger partial charge in [0.05, 0.1) is 5.56 Å². The number of hydrogen-bond acceptors (Lipinski definition) is 3. The van der Waals surface area contributed by atoms with Gasteiger partial charge in [-0.2, -0.15) is 5.26 Å². The summed E-state index contributed by atoms with van der Waals surface area (Å²) in [6.07, 6.45) is 0. The van der Waals surface area contributed by atoms with Gasteiger partial charge in [0.15, 0.2) is 11.6 Å². The lowest BCUT2D eigenvalue weighted by molar-refractivity contribution is 0.441. The van der Waals surface area contributed by atoms with Crippen LogP contribution in [0.15, 0.2) is 40.9 Å². The van der Waals surface area contributed by atoms with E-state index in [9.17, 15) is 4.39 Å². The van der Waals surface area contributed by atoms with Crippen molar-refractivity contribution in [3.05, 3.63) is 52.3 Å². The van der Waals surface area contributed by atoms with Crippen LogP contribution >= 0.6 is 15.9 Å². The maximum atomic E-state index is 13.6. The maximum absolute atomic E-state index is 13.6. The van der Waals surface area contributed by atoms with Crippen molar-refractivity contribution in [1.82, 2.24) is 0 Å². The molecule has 18 heavy (non-hydrogen) atoms. The van der Waals surface area contributed by atoms with E-state index in [4.69, 9.17) is 15.7 Å². The van der Waals surface area contributed by atoms with Gasteiger partial charge < -0.3 is 10.5 Å². The Morgan fingerprint density at radius 2 is 1.89 bits per heavy atom. The molecule has 0 fully saturated rings. The first-order valence-corrected chi connectivity index (χ1v) is 5.82. The highest BCUT2D eigenvalue weighted by Crippen LogP contribution is 2.29. The molecule has 0 aliphatic rings. The Balaban J connectivity index is 2.37. The number of benzene rings is 2. The van der Waals surface area contributed by atoms with Crippen molar-refractivity contribution in [2.45, 2.75) is 0 Å². The number of nitrogen functional groups attached to an aromatic ring is 1. The molecule has 0 heterocycles. The summed E-state index contributed by atoms with van der Waals surface area (Å²) in [7, 11) is 0. The first-order chi connectivity index (χ1) is 8.60. The van der Waals surface area contributed by atoms with Crippen LogP contribution in [0, 0.1) is 17.1 Å². The molecule has 5 heteroatoms. The van der Waals surface area contributed by atoms with Crippen molar-refractivity contribution in [3.63, 3.8) is 0 Å². The number of nitrogens with zero attached hydrogens (tertiary/aromatic N) is 1. The largest absolute Gasteiger partial charge is 0.453 e. The quantitative estimate of drug-likeness (QED) is 0.858. The van der Waals surface area contributed by atoms with Crippen LogP contribution < -0.4 is 10.5 Å². The summed E-state index contributed by atoms with van der Waals surface area (Å²) in [5.41, 5.74) is 6.08. The lowest BCUT2D eigenvalue weighted by Crippen LogP contribution is -1.93. The second-order valence-electron chi connectivity index (χ2n) is 3.54. The number of rotatable bonds is 2. The fraction of sp³-hybridized carbons (Fsp3) is 0. The van der Waals surface area contributed by atoms with Gasteiger partial charge in [-0.05, 0) is 30.3 Å². The number of ether oxygens (including phenoxy) is 1. The molecule has 2 aromatic carbocycles. The maximum Gasteiger partial charge on any atom is 0.167 e. The van der Waals surface area contributed by atoms with E-state index in [0.717, 1.165) is 4.47 Å². The molecule has 2 rings (SSSR count). The van der Waals surface area contributed by atoms with E-state index in [1.54, 1.807) is 18.2 Å². The van der Waals surface area contributed by atoms with Gasteiger partial charge in [-0.3, -0.25) is 0 Å². The summed E-state index contributed by atoms with van der Waals surface area (Å²) in [5.74, 6) is -0.241. The van der Waals surface area contributed by atoms with Crippen LogP contribution in [0.2, 0.25) is 0 Å². The van der Waals surface area contributed by atoms with Crippen LogP contribution in [-0.4, -0.2) is 0 Å². The second kappa shape index (κ2) is 5.07. The van der Waals surface area contributed by atoms with Gasteiger partial charge in [0.25, 0.3) is 0 Å². The Kier molecular flexibility index (Phi) is 3.49. The molecule has 2 aromatic rings. The molecule has 0 spiro atoms. The Labute approximate surface area is 112 Å². The van der Waals surface area contributed by atoms with Crippen molar-refractivity contribution in [1.29, 1.82) is 5.26 Å². The average Bonchev–Trinajstić information content (AvgIpc) is 2.34. The van der Waals surface area contributed by atoms with E-state index in [-0.39, 0.29) is 5.75 Å². The smallest absolute Gasteiger partial charge is 0.167 e. The topological polar surface area (TPSA) is 59.0 Å². The van der Waals surface area contributed by atoms with E-state index >= 15 is 0 Å². The van der Waals surface area contributed by atoms with Crippen molar-refractivity contribution in [2.75, 3.05) is 5.73 Å². The monoisotopic (exact) mass is 306 g/mol. The molecular formula is C13H8BrFN2O. The molecule has 3 nitrogen and oxygen atoms in total. The van der Waals surface area contributed by atoms with Gasteiger partial charge in [-0.1, -0.05) is 15.9 Å². The van der Waals surface area contributed by atoms with Crippen molar-refractivity contribution >= 4 is 21.6 Å². The fourth-order valence-electron chi connectivity index (χ4n) is 1.40. The third kappa shape index (κ3) is 2.60. The highest BCUT2D eigenvalue weighted by atomic mass is 79.9. The number of nitriles is 1. The predicted octanol–water partition coefficient (Wildman–Crippen LogP) is 3.83. The van der Waals surface area contributed by atoms with Crippen LogP contribution in [0.5, 0.6) is 11.5 Å². The number of hydrogen-bond donors (Lipinski definition) is 1. The molecule has 0 bridgehead atoms. The third-order valence-corrected chi connectivity index (χ3v) is 2.73. The Morgan fingerprint density at radius 1 is 1.17 bits per heavy atom. The van der Waals surface area contributed by atoms with Crippen molar-refractivity contribution in [3.8, 4) is 17.6 Å². The minimum absolute atomic E-state index is 0.0306. The van der Waals surface area contributed by atoms with Crippen LogP contribution in [0.4, 0.5) is 10.1 Å². The van der Waals surface area contributed by atoms with E-state index in [1.807, 2.05) is 6.07 Å². The molecule has 0 aliphatic heterocycles. The molecule has 0 saturated carbocycles. The lowest BCUT2D eigenvalue weighted by Gasteiger charge is -2.08. The first kappa shape index (κ1) is 12.4. The van der Waals surface area contributed by atoms with Gasteiger partial charge in [-0.15, -0.1) is 0 Å². The molecule has 0 aliphatic carbocycles. The third-order valence-electron chi connectivity index (χ3n) is 2.24. The van der Waals surface area contributed by atoms with Crippen molar-refractivity contribution in [2.24, 2.45) is 0 Å². The lowest BCUT2D eigenvalue weighted by atomic mass is 10.2. The van der Waals surface area contributed by atoms with Gasteiger partial charge >= 0.3 is 0 Å². The minimum atomic E-state index is -0.568. The van der Waals surface area contributed by atoms with Gasteiger partial charge in [0.1, 0.15) is 11.8 Å². The first-order valence-electron chi connectivity index (χ1n) is 5.02. The van der Waals surface area contributed by atoms with E-state index in [1.165, 1.54) is 18.2 Å². The Morgan fingerprint density at radius 3 is 2.56 bits per heavy atom. The number of halogens is 2. The van der Waals surface area contributed by atoms with Gasteiger partial charge in [0.2, 0.25) is 0 Å². The van der Waals surface area contributed by atoms with E-state index < -0.39 is 5.82 Å². The summed E-state index contributed by atoms with van der Waals surface area (Å²) in [4.78, 5) is 0. The highest BCUT2D eigenvalue weighted by Gasteiger charge is 2.09. The summed E-state index contributed by atoms with van der Waals surface area (Å²) in [5, 5.41) is 8.97. The normalized spacial score (nSPS) is 9.83. The molecule has 0 aromatic heterocycles. The molecule has 90 valence electrons. The zero-order valence-electron chi connectivity index (χ0n) is 9.15. The van der Waals surface area contributed by atoms with E-state index in [0.29, 0.717) is 17.0 Å². The van der Waals surface area contributed by atoms with Gasteiger partial charge in [-0.25, -0.2) is 4.39 Å². The summed E-state index contributed by atoms with van der Waals surface area (Å²) in [6.45, 7) is 0. The van der Waals surface area contributed by atoms with Crippen LogP contribution in [0.1, 0.15) is 5.56 Å². The molecule has 0 saturated heterocycles. The molecule has 0 amide bonds. The standard InChI is InChI=1S/C13H8BrFN2O/c14-9-1-3-12(8(5-9)7-16)18-13-4-2-10(17)6-11(13)15/h1-6H,17H2. The molecule has 0 radical (unpaired) electrons. The number of nitrogens with two attached hydrogens (primary N) is 1. The second-order valence-corrected chi connectivity index (χ2v) is 4.46. The molecule has 0 unspecified atom stereocenters. The fourth-order valence-corrected chi connectivity index (χ4v) is 1.76. The average molecular weight is 307 g/mol. The SMILES string of the molecule is N#Cc1cc(Br)ccc1Oc1ccc(N)cc1F. The highest BCUT2D eigenvalue weighted by molar-refractivity contribution is 9.10. The van der Waals surface area contributed by atoms with Crippen molar-refractivity contribution < 1.29 is 9.13 Å². The zero-order chi connectivity index (χ0) is 13.1. The Hall–Kier alpha value is -2.06. The van der Waals surface area contributed by atoms with Gasteiger partial charge in [0, 0.05) is 16.2 Å². The molecule has 2 N–H and O–H groups in total. The predicted molar refractivity (Wildman–Crippen MR) is 69.7 cm³/mol. The van der Waals surface area contributed by atoms with Crippen LogP contribution in [0.3, 0.4) is 0 Å². The summed E-state index contributed by atoms with van der Waals surface area (Å²) >= 11 is 3.25.